The van der Waals surface area contributed by atoms with Gasteiger partial charge in [-0.3, -0.25) is 0 Å². The molecule has 3 N–H and O–H groups in total. The van der Waals surface area contributed by atoms with Gasteiger partial charge in [0.15, 0.2) is 0 Å². The van der Waals surface area contributed by atoms with Crippen LogP contribution in [0.2, 0.25) is 0 Å². The van der Waals surface area contributed by atoms with E-state index in [4.69, 9.17) is 5.11 Å². The fourth-order valence-electron chi connectivity index (χ4n) is 1.50. The second-order valence-corrected chi connectivity index (χ2v) is 3.55. The van der Waals surface area contributed by atoms with Crippen LogP contribution in [0.3, 0.4) is 0 Å². The van der Waals surface area contributed by atoms with E-state index in [1.54, 1.807) is 0 Å². The maximum absolute atomic E-state index is 9.59. The smallest absolute Gasteiger partial charge is 0.103 e. The predicted molar refractivity (Wildman–Crippen MR) is 52.4 cm³/mol. The first-order chi connectivity index (χ1) is 6.17. The Morgan fingerprint density at radius 3 is 2.15 bits per heavy atom. The molecule has 0 radical (unpaired) electrons. The molecule has 0 rings (SSSR count). The van der Waals surface area contributed by atoms with Gasteiger partial charge in [0.1, 0.15) is 6.10 Å². The Bertz CT molecular complexity index is 117. The van der Waals surface area contributed by atoms with Crippen molar-refractivity contribution in [3.05, 3.63) is 0 Å². The summed E-state index contributed by atoms with van der Waals surface area (Å²) in [6, 6.07) is 0. The summed E-state index contributed by atoms with van der Waals surface area (Å²) in [7, 11) is 0. The molecule has 0 aliphatic rings. The molecule has 0 aromatic carbocycles. The van der Waals surface area contributed by atoms with E-state index in [0.29, 0.717) is 0 Å². The quantitative estimate of drug-likeness (QED) is 0.559. The van der Waals surface area contributed by atoms with E-state index in [-0.39, 0.29) is 12.5 Å². The molecular weight excluding hydrogens is 168 g/mol. The SMILES string of the molecule is CCCCC(CC)C(O)C(O)CO. The third kappa shape index (κ3) is 4.60. The molecule has 0 saturated carbocycles. The molecule has 0 bridgehead atoms. The lowest BCUT2D eigenvalue weighted by Crippen LogP contribution is -2.35. The summed E-state index contributed by atoms with van der Waals surface area (Å²) < 4.78 is 0. The Labute approximate surface area is 80.4 Å². The summed E-state index contributed by atoms with van der Waals surface area (Å²) in [6.07, 6.45) is 2.17. The number of aliphatic hydroxyl groups excluding tert-OH is 3. The van der Waals surface area contributed by atoms with E-state index in [1.807, 2.05) is 6.92 Å². The third-order valence-electron chi connectivity index (χ3n) is 2.52. The van der Waals surface area contributed by atoms with E-state index in [0.717, 1.165) is 25.7 Å². The molecule has 0 aromatic heterocycles. The van der Waals surface area contributed by atoms with Crippen LogP contribution in [0.1, 0.15) is 39.5 Å². The minimum absolute atomic E-state index is 0.113. The summed E-state index contributed by atoms with van der Waals surface area (Å²) in [5.41, 5.74) is 0. The first-order valence-corrected chi connectivity index (χ1v) is 5.14. The number of hydrogen-bond acceptors (Lipinski definition) is 3. The summed E-state index contributed by atoms with van der Waals surface area (Å²) in [5, 5.41) is 27.5. The third-order valence-corrected chi connectivity index (χ3v) is 2.52. The lowest BCUT2D eigenvalue weighted by Gasteiger charge is -2.24. The van der Waals surface area contributed by atoms with Crippen LogP contribution in [0.5, 0.6) is 0 Å². The van der Waals surface area contributed by atoms with Crippen molar-refractivity contribution in [3.63, 3.8) is 0 Å². The van der Waals surface area contributed by atoms with Crippen LogP contribution < -0.4 is 0 Å². The highest BCUT2D eigenvalue weighted by molar-refractivity contribution is 4.74. The molecule has 0 aliphatic heterocycles. The van der Waals surface area contributed by atoms with Gasteiger partial charge in [0.25, 0.3) is 0 Å². The molecular formula is C10H22O3. The van der Waals surface area contributed by atoms with Gasteiger partial charge in [-0.2, -0.15) is 0 Å². The topological polar surface area (TPSA) is 60.7 Å². The maximum Gasteiger partial charge on any atom is 0.103 e. The fourth-order valence-corrected chi connectivity index (χ4v) is 1.50. The molecule has 13 heavy (non-hydrogen) atoms. The van der Waals surface area contributed by atoms with Gasteiger partial charge in [-0.1, -0.05) is 33.1 Å². The molecule has 80 valence electrons. The second-order valence-electron chi connectivity index (χ2n) is 3.55. The van der Waals surface area contributed by atoms with Gasteiger partial charge in [0, 0.05) is 0 Å². The van der Waals surface area contributed by atoms with Crippen molar-refractivity contribution >= 4 is 0 Å². The molecule has 0 heterocycles. The minimum atomic E-state index is -0.984. The van der Waals surface area contributed by atoms with E-state index in [1.165, 1.54) is 0 Å². The zero-order valence-electron chi connectivity index (χ0n) is 8.61. The number of hydrogen-bond donors (Lipinski definition) is 3. The molecule has 3 nitrogen and oxygen atoms in total. The molecule has 3 atom stereocenters. The van der Waals surface area contributed by atoms with E-state index >= 15 is 0 Å². The zero-order chi connectivity index (χ0) is 10.3. The molecule has 3 heteroatoms. The number of unbranched alkanes of at least 4 members (excludes halogenated alkanes) is 1. The van der Waals surface area contributed by atoms with E-state index in [9.17, 15) is 10.2 Å². The fraction of sp³-hybridized carbons (Fsp3) is 1.00. The van der Waals surface area contributed by atoms with Crippen molar-refractivity contribution in [1.29, 1.82) is 0 Å². The largest absolute Gasteiger partial charge is 0.394 e. The molecule has 0 amide bonds. The van der Waals surface area contributed by atoms with Crippen LogP contribution in [0, 0.1) is 5.92 Å². The summed E-state index contributed by atoms with van der Waals surface area (Å²) in [5.74, 6) is 0.113. The van der Waals surface area contributed by atoms with Crippen molar-refractivity contribution in [3.8, 4) is 0 Å². The molecule has 0 aromatic rings. The highest BCUT2D eigenvalue weighted by Crippen LogP contribution is 2.19. The second kappa shape index (κ2) is 7.30. The minimum Gasteiger partial charge on any atom is -0.394 e. The predicted octanol–water partition coefficient (Wildman–Crippen LogP) is 0.917. The van der Waals surface area contributed by atoms with Crippen molar-refractivity contribution in [2.45, 2.75) is 51.7 Å². The summed E-state index contributed by atoms with van der Waals surface area (Å²) >= 11 is 0. The van der Waals surface area contributed by atoms with Gasteiger partial charge in [0.2, 0.25) is 0 Å². The van der Waals surface area contributed by atoms with Crippen molar-refractivity contribution in [2.75, 3.05) is 6.61 Å². The molecule has 0 fully saturated rings. The van der Waals surface area contributed by atoms with E-state index in [2.05, 4.69) is 6.92 Å². The monoisotopic (exact) mass is 190 g/mol. The van der Waals surface area contributed by atoms with Crippen LogP contribution in [0.25, 0.3) is 0 Å². The average Bonchev–Trinajstić information content (AvgIpc) is 2.17. The first kappa shape index (κ1) is 12.9. The van der Waals surface area contributed by atoms with Gasteiger partial charge in [-0.15, -0.1) is 0 Å². The van der Waals surface area contributed by atoms with Gasteiger partial charge in [0.05, 0.1) is 12.7 Å². The molecule has 3 unspecified atom stereocenters. The van der Waals surface area contributed by atoms with Gasteiger partial charge < -0.3 is 15.3 Å². The lowest BCUT2D eigenvalue weighted by atomic mass is 9.90. The van der Waals surface area contributed by atoms with Crippen LogP contribution in [-0.2, 0) is 0 Å². The van der Waals surface area contributed by atoms with Gasteiger partial charge in [-0.25, -0.2) is 0 Å². The Kier molecular flexibility index (Phi) is 7.23. The van der Waals surface area contributed by atoms with Gasteiger partial charge in [-0.05, 0) is 12.3 Å². The van der Waals surface area contributed by atoms with Crippen molar-refractivity contribution < 1.29 is 15.3 Å². The van der Waals surface area contributed by atoms with Crippen LogP contribution in [0.15, 0.2) is 0 Å². The number of rotatable bonds is 7. The summed E-state index contributed by atoms with van der Waals surface area (Å²) in [4.78, 5) is 0. The highest BCUT2D eigenvalue weighted by atomic mass is 16.4. The summed E-state index contributed by atoms with van der Waals surface area (Å²) in [6.45, 7) is 3.74. The lowest BCUT2D eigenvalue weighted by molar-refractivity contribution is -0.0460. The Balaban J connectivity index is 3.90. The van der Waals surface area contributed by atoms with Crippen molar-refractivity contribution in [1.82, 2.24) is 0 Å². The number of aliphatic hydroxyl groups is 3. The zero-order valence-corrected chi connectivity index (χ0v) is 8.61. The Hall–Kier alpha value is -0.120. The molecule has 0 saturated heterocycles. The van der Waals surface area contributed by atoms with Crippen molar-refractivity contribution in [2.24, 2.45) is 5.92 Å². The Morgan fingerprint density at radius 2 is 1.77 bits per heavy atom. The van der Waals surface area contributed by atoms with Crippen LogP contribution >= 0.6 is 0 Å². The average molecular weight is 190 g/mol. The van der Waals surface area contributed by atoms with E-state index < -0.39 is 12.2 Å². The molecule has 0 aliphatic carbocycles. The van der Waals surface area contributed by atoms with Crippen LogP contribution in [0.4, 0.5) is 0 Å². The Morgan fingerprint density at radius 1 is 1.15 bits per heavy atom. The van der Waals surface area contributed by atoms with Gasteiger partial charge >= 0.3 is 0 Å². The standard InChI is InChI=1S/C10H22O3/c1-3-5-6-8(4-2)10(13)9(12)7-11/h8-13H,3-7H2,1-2H3. The molecule has 0 spiro atoms. The maximum atomic E-state index is 9.59. The van der Waals surface area contributed by atoms with Crippen LogP contribution in [-0.4, -0.2) is 34.1 Å². The normalized spacial score (nSPS) is 18.2. The first-order valence-electron chi connectivity index (χ1n) is 5.14. The highest BCUT2D eigenvalue weighted by Gasteiger charge is 2.23.